The summed E-state index contributed by atoms with van der Waals surface area (Å²) in [7, 11) is 0. The summed E-state index contributed by atoms with van der Waals surface area (Å²) in [6.07, 6.45) is 5.71. The van der Waals surface area contributed by atoms with E-state index in [1.54, 1.807) is 6.07 Å². The molecule has 36 heavy (non-hydrogen) atoms. The molecular formula is C30H44N2O4. The summed E-state index contributed by atoms with van der Waals surface area (Å²) < 4.78 is 12.2. The molecule has 0 saturated heterocycles. The van der Waals surface area contributed by atoms with Crippen LogP contribution in [0.1, 0.15) is 98.1 Å². The van der Waals surface area contributed by atoms with Gasteiger partial charge in [0, 0.05) is 24.1 Å². The van der Waals surface area contributed by atoms with Gasteiger partial charge in [0.2, 0.25) is 0 Å². The molecule has 1 aliphatic heterocycles. The third-order valence-electron chi connectivity index (χ3n) is 7.64. The van der Waals surface area contributed by atoms with Gasteiger partial charge in [0.15, 0.2) is 12.8 Å². The summed E-state index contributed by atoms with van der Waals surface area (Å²) in [4.78, 5) is 11.6. The molecule has 0 aromatic heterocycles. The number of anilines is 2. The largest absolute Gasteiger partial charge is 0.506 e. The number of rotatable bonds is 12. The fraction of sp³-hybridized carbons (Fsp3) is 0.567. The highest BCUT2D eigenvalue weighted by Gasteiger charge is 2.28. The van der Waals surface area contributed by atoms with Crippen LogP contribution in [-0.2, 0) is 15.6 Å². The maximum atomic E-state index is 11.6. The number of ether oxygens (including phenoxy) is 2. The molecule has 3 N–H and O–H groups in total. The van der Waals surface area contributed by atoms with Crippen molar-refractivity contribution < 1.29 is 19.4 Å². The first-order valence-electron chi connectivity index (χ1n) is 13.4. The first kappa shape index (κ1) is 27.7. The predicted octanol–water partition coefficient (Wildman–Crippen LogP) is 7.50. The summed E-state index contributed by atoms with van der Waals surface area (Å²) in [5.41, 5.74) is 3.54. The van der Waals surface area contributed by atoms with Crippen LogP contribution in [0.2, 0.25) is 0 Å². The van der Waals surface area contributed by atoms with Crippen molar-refractivity contribution in [1.82, 2.24) is 0 Å². The number of carbonyl (C=O) groups excluding carboxylic acids is 1. The molecule has 1 unspecified atom stereocenters. The molecule has 0 aliphatic carbocycles. The minimum atomic E-state index is -0.338. The zero-order chi connectivity index (χ0) is 26.5. The van der Waals surface area contributed by atoms with Gasteiger partial charge in [-0.3, -0.25) is 4.79 Å². The highest BCUT2D eigenvalue weighted by atomic mass is 16.5. The van der Waals surface area contributed by atoms with Crippen LogP contribution >= 0.6 is 0 Å². The predicted molar refractivity (Wildman–Crippen MR) is 147 cm³/mol. The second kappa shape index (κ2) is 11.4. The van der Waals surface area contributed by atoms with Crippen LogP contribution in [0.5, 0.6) is 17.2 Å². The average molecular weight is 497 g/mol. The quantitative estimate of drug-likeness (QED) is 0.161. The summed E-state index contributed by atoms with van der Waals surface area (Å²) in [5.74, 6) is 1.20. The van der Waals surface area contributed by atoms with E-state index in [-0.39, 0.29) is 35.3 Å². The Morgan fingerprint density at radius 3 is 2.44 bits per heavy atom. The molecule has 1 aliphatic rings. The van der Waals surface area contributed by atoms with Gasteiger partial charge >= 0.3 is 0 Å². The molecule has 1 atom stereocenters. The van der Waals surface area contributed by atoms with Crippen LogP contribution in [0.3, 0.4) is 0 Å². The van der Waals surface area contributed by atoms with E-state index in [2.05, 4.69) is 77.3 Å². The minimum Gasteiger partial charge on any atom is -0.506 e. The number of carbonyl (C=O) groups is 1. The number of fused-ring (bicyclic) bond motifs is 1. The number of unbranched alkanes of at least 4 members (excludes halogenated alkanes) is 2. The topological polar surface area (TPSA) is 79.8 Å². The lowest BCUT2D eigenvalue weighted by molar-refractivity contribution is -0.118. The maximum Gasteiger partial charge on any atom is 0.262 e. The number of phenolic OH excluding ortho intramolecular Hbond substituents is 1. The first-order chi connectivity index (χ1) is 17.0. The van der Waals surface area contributed by atoms with Gasteiger partial charge in [-0.2, -0.15) is 0 Å². The van der Waals surface area contributed by atoms with E-state index in [1.165, 1.54) is 17.2 Å². The van der Waals surface area contributed by atoms with Gasteiger partial charge in [-0.15, -0.1) is 0 Å². The lowest BCUT2D eigenvalue weighted by atomic mass is 9.76. The molecule has 0 bridgehead atoms. The van der Waals surface area contributed by atoms with Crippen molar-refractivity contribution >= 4 is 17.3 Å². The highest BCUT2D eigenvalue weighted by Crippen LogP contribution is 2.41. The molecule has 2 aromatic carbocycles. The smallest absolute Gasteiger partial charge is 0.262 e. The molecule has 1 amide bonds. The molecular weight excluding hydrogens is 452 g/mol. The molecule has 6 nitrogen and oxygen atoms in total. The van der Waals surface area contributed by atoms with Gasteiger partial charge in [-0.25, -0.2) is 0 Å². The summed E-state index contributed by atoms with van der Waals surface area (Å²) in [6, 6.07) is 9.86. The highest BCUT2D eigenvalue weighted by molar-refractivity contribution is 5.96. The van der Waals surface area contributed by atoms with Crippen LogP contribution in [0.15, 0.2) is 30.3 Å². The fourth-order valence-electron chi connectivity index (χ4n) is 4.27. The molecule has 0 fully saturated rings. The van der Waals surface area contributed by atoms with Gasteiger partial charge in [-0.1, -0.05) is 73.4 Å². The fourth-order valence-corrected chi connectivity index (χ4v) is 4.27. The number of hydrogen-bond acceptors (Lipinski definition) is 5. The SMILES string of the molecule is CCCCCC(Nc1cc2c(cc1O)NC(=O)CO2)Oc1ccc(C(C)(C)CC)cc1C(C)(C)CC. The van der Waals surface area contributed by atoms with E-state index in [9.17, 15) is 9.90 Å². The van der Waals surface area contributed by atoms with E-state index in [1.807, 2.05) is 0 Å². The summed E-state index contributed by atoms with van der Waals surface area (Å²) in [5, 5.41) is 16.8. The van der Waals surface area contributed by atoms with Gasteiger partial charge < -0.3 is 25.2 Å². The molecule has 198 valence electrons. The van der Waals surface area contributed by atoms with E-state index in [0.29, 0.717) is 17.1 Å². The van der Waals surface area contributed by atoms with Gasteiger partial charge in [0.1, 0.15) is 17.2 Å². The van der Waals surface area contributed by atoms with E-state index in [0.717, 1.165) is 44.3 Å². The first-order valence-corrected chi connectivity index (χ1v) is 13.4. The number of aromatic hydroxyl groups is 1. The molecule has 2 aromatic rings. The Kier molecular flexibility index (Phi) is 8.80. The number of phenols is 1. The molecule has 3 rings (SSSR count). The zero-order valence-corrected chi connectivity index (χ0v) is 23.1. The summed E-state index contributed by atoms with van der Waals surface area (Å²) in [6.45, 7) is 15.7. The van der Waals surface area contributed by atoms with Gasteiger partial charge in [0.25, 0.3) is 5.91 Å². The Bertz CT molecular complexity index is 1060. The number of hydrogen-bond donors (Lipinski definition) is 3. The van der Waals surface area contributed by atoms with Crippen LogP contribution in [-0.4, -0.2) is 23.8 Å². The van der Waals surface area contributed by atoms with Crippen molar-refractivity contribution in [2.75, 3.05) is 17.2 Å². The molecule has 0 saturated carbocycles. The zero-order valence-electron chi connectivity index (χ0n) is 23.1. The van der Waals surface area contributed by atoms with Crippen molar-refractivity contribution in [3.63, 3.8) is 0 Å². The second-order valence-electron chi connectivity index (χ2n) is 11.1. The van der Waals surface area contributed by atoms with Crippen molar-refractivity contribution in [2.45, 2.75) is 104 Å². The van der Waals surface area contributed by atoms with Crippen molar-refractivity contribution in [3.05, 3.63) is 41.5 Å². The number of benzene rings is 2. The number of nitrogens with one attached hydrogen (secondary N) is 2. The van der Waals surface area contributed by atoms with Crippen LogP contribution < -0.4 is 20.1 Å². The van der Waals surface area contributed by atoms with E-state index >= 15 is 0 Å². The lowest BCUT2D eigenvalue weighted by Gasteiger charge is -2.32. The molecule has 6 heteroatoms. The summed E-state index contributed by atoms with van der Waals surface area (Å²) >= 11 is 0. The molecule has 0 radical (unpaired) electrons. The Hall–Kier alpha value is -2.89. The van der Waals surface area contributed by atoms with Crippen molar-refractivity contribution in [1.29, 1.82) is 0 Å². The third kappa shape index (κ3) is 6.45. The standard InChI is InChI=1S/C30H44N2O4/c1-8-11-12-13-28(32-22-18-26-23(17-24(22)33)31-27(34)19-35-26)36-25-15-14-20(29(4,5)9-2)16-21(25)30(6,7)10-3/h14-18,28,32-33H,8-13,19H2,1-7H3,(H,31,34). The third-order valence-corrected chi connectivity index (χ3v) is 7.64. The molecule has 1 heterocycles. The van der Waals surface area contributed by atoms with Crippen molar-refractivity contribution in [2.24, 2.45) is 0 Å². The normalized spacial score (nSPS) is 14.5. The number of amides is 1. The average Bonchev–Trinajstić information content (AvgIpc) is 2.84. The molecule has 0 spiro atoms. The Balaban J connectivity index is 1.95. The van der Waals surface area contributed by atoms with E-state index in [4.69, 9.17) is 9.47 Å². The van der Waals surface area contributed by atoms with Crippen LogP contribution in [0.25, 0.3) is 0 Å². The van der Waals surface area contributed by atoms with E-state index < -0.39 is 0 Å². The Labute approximate surface area is 216 Å². The lowest BCUT2D eigenvalue weighted by Crippen LogP contribution is -2.29. The Morgan fingerprint density at radius 2 is 1.78 bits per heavy atom. The van der Waals surface area contributed by atoms with Gasteiger partial charge in [-0.05, 0) is 41.7 Å². The Morgan fingerprint density at radius 1 is 1.06 bits per heavy atom. The van der Waals surface area contributed by atoms with Gasteiger partial charge in [0.05, 0.1) is 11.4 Å². The van der Waals surface area contributed by atoms with Crippen molar-refractivity contribution in [3.8, 4) is 17.2 Å². The van der Waals surface area contributed by atoms with Crippen LogP contribution in [0.4, 0.5) is 11.4 Å². The monoisotopic (exact) mass is 496 g/mol. The minimum absolute atomic E-state index is 0.0381. The maximum absolute atomic E-state index is 11.6. The second-order valence-corrected chi connectivity index (χ2v) is 11.1. The van der Waals surface area contributed by atoms with Crippen LogP contribution in [0, 0.1) is 0 Å².